The van der Waals surface area contributed by atoms with Crippen LogP contribution in [0.3, 0.4) is 0 Å². The van der Waals surface area contributed by atoms with Crippen LogP contribution in [0.4, 0.5) is 10.1 Å². The van der Waals surface area contributed by atoms with Crippen LogP contribution < -0.4 is 4.74 Å². The van der Waals surface area contributed by atoms with Gasteiger partial charge in [0.15, 0.2) is 6.10 Å². The summed E-state index contributed by atoms with van der Waals surface area (Å²) < 4.78 is 54.7. The molecule has 0 aliphatic carbocycles. The van der Waals surface area contributed by atoms with Gasteiger partial charge in [-0.05, 0) is 30.7 Å². The Hall–Kier alpha value is -2.70. The van der Waals surface area contributed by atoms with Crippen molar-refractivity contribution in [2.24, 2.45) is 4.36 Å². The third kappa shape index (κ3) is 4.94. The average molecular weight is 530 g/mol. The van der Waals surface area contributed by atoms with Gasteiger partial charge in [-0.25, -0.2) is 18.6 Å². The van der Waals surface area contributed by atoms with Crippen LogP contribution in [0.25, 0.3) is 10.9 Å². The van der Waals surface area contributed by atoms with E-state index in [9.17, 15) is 13.7 Å². The van der Waals surface area contributed by atoms with Crippen LogP contribution in [-0.2, 0) is 30.4 Å². The number of ether oxygens (including phenoxy) is 4. The lowest BCUT2D eigenvalue weighted by Gasteiger charge is -2.20. The minimum Gasteiger partial charge on any atom is -0.485 e. The Morgan fingerprint density at radius 2 is 1.95 bits per heavy atom. The highest BCUT2D eigenvalue weighted by molar-refractivity contribution is 7.93. The predicted octanol–water partition coefficient (Wildman–Crippen LogP) is 2.70. The van der Waals surface area contributed by atoms with E-state index < -0.39 is 40.0 Å². The van der Waals surface area contributed by atoms with Crippen molar-refractivity contribution < 1.29 is 32.7 Å². The van der Waals surface area contributed by atoms with Crippen LogP contribution in [0.5, 0.6) is 5.75 Å². The molecule has 0 bridgehead atoms. The highest BCUT2D eigenvalue weighted by atomic mass is 32.2. The summed E-state index contributed by atoms with van der Waals surface area (Å²) >= 11 is 0. The van der Waals surface area contributed by atoms with Gasteiger partial charge in [-0.2, -0.15) is 4.36 Å². The van der Waals surface area contributed by atoms with Gasteiger partial charge in [-0.15, -0.1) is 0 Å². The predicted molar refractivity (Wildman–Crippen MR) is 134 cm³/mol. The zero-order valence-electron chi connectivity index (χ0n) is 20.3. The maximum Gasteiger partial charge on any atom is 0.151 e. The molecular weight excluding hydrogens is 501 g/mol. The van der Waals surface area contributed by atoms with Crippen LogP contribution in [-0.4, -0.2) is 81.6 Å². The van der Waals surface area contributed by atoms with Crippen molar-refractivity contribution in [2.75, 3.05) is 37.9 Å². The maximum absolute atomic E-state index is 14.2. The van der Waals surface area contributed by atoms with Crippen molar-refractivity contribution >= 4 is 26.3 Å². The monoisotopic (exact) mass is 529 g/mol. The van der Waals surface area contributed by atoms with Gasteiger partial charge in [0.05, 0.1) is 64.6 Å². The van der Waals surface area contributed by atoms with Crippen molar-refractivity contribution in [3.05, 3.63) is 59.3 Å². The minimum atomic E-state index is -2.35. The second kappa shape index (κ2) is 9.88. The first-order valence-corrected chi connectivity index (χ1v) is 14.1. The van der Waals surface area contributed by atoms with Crippen LogP contribution >= 0.6 is 0 Å². The summed E-state index contributed by atoms with van der Waals surface area (Å²) in [7, 11) is -2.35. The number of aromatic nitrogens is 2. The molecule has 0 amide bonds. The first kappa shape index (κ1) is 24.6. The molecule has 2 aromatic carbocycles. The Bertz CT molecular complexity index is 1450. The quantitative estimate of drug-likeness (QED) is 0.537. The van der Waals surface area contributed by atoms with Crippen LogP contribution in [0, 0.1) is 12.7 Å². The molecule has 3 aliphatic rings. The molecule has 6 rings (SSSR count). The summed E-state index contributed by atoms with van der Waals surface area (Å²) in [6, 6.07) is 8.16. The maximum atomic E-state index is 14.2. The fourth-order valence-electron chi connectivity index (χ4n) is 5.18. The lowest BCUT2D eigenvalue weighted by atomic mass is 10.0. The summed E-state index contributed by atoms with van der Waals surface area (Å²) in [6.07, 6.45) is -0.123. The Morgan fingerprint density at radius 3 is 2.78 bits per heavy atom. The van der Waals surface area contributed by atoms with E-state index in [4.69, 9.17) is 18.9 Å². The Kier molecular flexibility index (Phi) is 6.58. The van der Waals surface area contributed by atoms with Gasteiger partial charge in [0.1, 0.15) is 36.2 Å². The van der Waals surface area contributed by atoms with Crippen LogP contribution in [0.2, 0.25) is 0 Å². The number of fused-ring (bicyclic) bond motifs is 2. The molecule has 3 aromatic rings. The molecule has 0 radical (unpaired) electrons. The van der Waals surface area contributed by atoms with E-state index in [1.807, 2.05) is 19.1 Å². The number of hydrogen-bond donors (Lipinski definition) is 1. The van der Waals surface area contributed by atoms with Crippen molar-refractivity contribution in [3.8, 4) is 5.75 Å². The average Bonchev–Trinajstić information content (AvgIpc) is 3.44. The van der Waals surface area contributed by atoms with E-state index in [-0.39, 0.29) is 13.2 Å². The van der Waals surface area contributed by atoms with E-state index in [2.05, 4.69) is 14.3 Å². The van der Waals surface area contributed by atoms with Gasteiger partial charge in [-0.1, -0.05) is 6.07 Å². The molecule has 1 N–H and O–H groups in total. The third-order valence-electron chi connectivity index (χ3n) is 7.01. The van der Waals surface area contributed by atoms with Crippen molar-refractivity contribution in [1.29, 1.82) is 0 Å². The van der Waals surface area contributed by atoms with Gasteiger partial charge in [0, 0.05) is 23.4 Å². The van der Waals surface area contributed by atoms with Gasteiger partial charge in [0.25, 0.3) is 0 Å². The van der Waals surface area contributed by atoms with Gasteiger partial charge >= 0.3 is 0 Å². The number of aliphatic hydroxyl groups excluding tert-OH is 1. The van der Waals surface area contributed by atoms with E-state index in [1.165, 1.54) is 18.5 Å². The molecule has 0 unspecified atom stereocenters. The third-order valence-corrected chi connectivity index (χ3v) is 9.16. The number of benzene rings is 2. The van der Waals surface area contributed by atoms with Gasteiger partial charge in [0.2, 0.25) is 0 Å². The highest BCUT2D eigenvalue weighted by Crippen LogP contribution is 2.34. The molecule has 3 fully saturated rings. The van der Waals surface area contributed by atoms with Crippen molar-refractivity contribution in [1.82, 2.24) is 9.97 Å². The zero-order valence-corrected chi connectivity index (χ0v) is 21.2. The highest BCUT2D eigenvalue weighted by Gasteiger charge is 2.48. The van der Waals surface area contributed by atoms with Crippen LogP contribution in [0.15, 0.2) is 41.0 Å². The SMILES string of the molecule is Cc1cc(N=S2(=O)CCOCC2)cc2ncnc(Cc3ccc(F)cc3O[C@@H]3CO[C@H]4[C@@H]3OC[C@H]4O)c12. The second-order valence-corrected chi connectivity index (χ2v) is 12.2. The Labute approximate surface area is 214 Å². The molecule has 11 heteroatoms. The minimum absolute atomic E-state index is 0.189. The summed E-state index contributed by atoms with van der Waals surface area (Å²) in [5.41, 5.74) is 3.74. The van der Waals surface area contributed by atoms with E-state index >= 15 is 0 Å². The van der Waals surface area contributed by atoms with Gasteiger partial charge in [-0.3, -0.25) is 0 Å². The van der Waals surface area contributed by atoms with Crippen molar-refractivity contribution in [3.63, 3.8) is 0 Å². The first-order valence-electron chi connectivity index (χ1n) is 12.3. The lowest BCUT2D eigenvalue weighted by Crippen LogP contribution is -2.34. The first-order chi connectivity index (χ1) is 17.9. The molecule has 1 aromatic heterocycles. The fourth-order valence-corrected chi connectivity index (χ4v) is 6.81. The number of hydrogen-bond acceptors (Lipinski definition) is 9. The summed E-state index contributed by atoms with van der Waals surface area (Å²) in [5.74, 6) is 0.805. The summed E-state index contributed by atoms with van der Waals surface area (Å²) in [6.45, 7) is 3.29. The summed E-state index contributed by atoms with van der Waals surface area (Å²) in [4.78, 5) is 8.98. The van der Waals surface area contributed by atoms with E-state index in [0.29, 0.717) is 48.1 Å². The van der Waals surface area contributed by atoms with E-state index in [0.717, 1.165) is 22.2 Å². The molecule has 3 saturated heterocycles. The number of halogens is 1. The molecule has 4 atom stereocenters. The topological polar surface area (TPSA) is 112 Å². The van der Waals surface area contributed by atoms with E-state index in [1.54, 1.807) is 6.07 Å². The number of rotatable bonds is 5. The number of aliphatic hydroxyl groups is 1. The molecule has 9 nitrogen and oxygen atoms in total. The second-order valence-electron chi connectivity index (χ2n) is 9.61. The molecule has 3 aliphatic heterocycles. The molecule has 0 spiro atoms. The molecule has 0 saturated carbocycles. The Balaban J connectivity index is 1.31. The molecule has 37 heavy (non-hydrogen) atoms. The number of nitrogens with zero attached hydrogens (tertiary/aromatic N) is 3. The largest absolute Gasteiger partial charge is 0.485 e. The molecule has 4 heterocycles. The standard InChI is InChI=1S/C26H28FN3O6S/c1-15-8-18(30-37(32)6-4-33-5-7-37)11-20-24(15)19(28-14-29-20)9-16-2-3-17(27)10-22(16)36-23-13-35-25-21(31)12-34-26(23)25/h2-3,8,10-11,14,21,23,25-26,31H,4-7,9,12-13H2,1H3/t21-,23-,25-,26-/m1/s1. The summed E-state index contributed by atoms with van der Waals surface area (Å²) in [5, 5.41) is 10.9. The fraction of sp³-hybridized carbons (Fsp3) is 0.462. The molecular formula is C26H28FN3O6S. The number of aryl methyl sites for hydroxylation is 1. The Morgan fingerprint density at radius 1 is 1.14 bits per heavy atom. The normalized spacial score (nSPS) is 26.8. The zero-order chi connectivity index (χ0) is 25.6. The van der Waals surface area contributed by atoms with Crippen molar-refractivity contribution in [2.45, 2.75) is 37.8 Å². The smallest absolute Gasteiger partial charge is 0.151 e. The molecule has 196 valence electrons. The van der Waals surface area contributed by atoms with Crippen LogP contribution in [0.1, 0.15) is 16.8 Å². The van der Waals surface area contributed by atoms with Gasteiger partial charge < -0.3 is 24.1 Å². The lowest BCUT2D eigenvalue weighted by molar-refractivity contribution is 0.00843.